The van der Waals surface area contributed by atoms with E-state index >= 15 is 0 Å². The van der Waals surface area contributed by atoms with Gasteiger partial charge in [-0.05, 0) is 13.0 Å². The maximum Gasteiger partial charge on any atom is 0.433 e. The van der Waals surface area contributed by atoms with E-state index < -0.39 is 17.8 Å². The van der Waals surface area contributed by atoms with Crippen LogP contribution in [0.4, 0.5) is 18.3 Å². The maximum absolute atomic E-state index is 12.6. The molecule has 3 heterocycles. The number of nitrogens with one attached hydrogen (secondary N) is 1. The van der Waals surface area contributed by atoms with Gasteiger partial charge < -0.3 is 4.52 Å². The fourth-order valence-electron chi connectivity index (χ4n) is 1.67. The fraction of sp³-hybridized carbons (Fsp3) is 0.167. The van der Waals surface area contributed by atoms with E-state index in [2.05, 4.69) is 20.4 Å². The lowest BCUT2D eigenvalue weighted by atomic mass is 10.3. The molecule has 0 spiro atoms. The van der Waals surface area contributed by atoms with E-state index in [1.807, 2.05) is 0 Å². The van der Waals surface area contributed by atoms with Crippen molar-refractivity contribution in [1.82, 2.24) is 15.1 Å². The summed E-state index contributed by atoms with van der Waals surface area (Å²) in [5, 5.41) is 6.15. The summed E-state index contributed by atoms with van der Waals surface area (Å²) in [6.45, 7) is 1.63. The standard InChI is InChI=1S/C12H7F3N4O2S/c1-5-2-6(19-21-5)10(20)18-11-17-7-4-16-9(12(13,14)15)3-8(7)22-11/h2-4H,1H3,(H,17,18,20). The van der Waals surface area contributed by atoms with E-state index in [1.54, 1.807) is 6.92 Å². The average molecular weight is 328 g/mol. The number of hydrogen-bond acceptors (Lipinski definition) is 6. The number of halogens is 3. The van der Waals surface area contributed by atoms with Crippen LogP contribution in [-0.2, 0) is 6.18 Å². The van der Waals surface area contributed by atoms with Crippen molar-refractivity contribution >= 4 is 32.6 Å². The first-order valence-corrected chi connectivity index (χ1v) is 6.73. The molecule has 0 aliphatic carbocycles. The normalized spacial score (nSPS) is 11.8. The first-order valence-electron chi connectivity index (χ1n) is 5.91. The summed E-state index contributed by atoms with van der Waals surface area (Å²) in [6, 6.07) is 2.33. The Balaban J connectivity index is 1.87. The minimum atomic E-state index is -4.53. The molecule has 0 fully saturated rings. The Morgan fingerprint density at radius 1 is 1.36 bits per heavy atom. The zero-order chi connectivity index (χ0) is 15.9. The van der Waals surface area contributed by atoms with Crippen LogP contribution in [0.2, 0.25) is 0 Å². The molecule has 0 saturated carbocycles. The van der Waals surface area contributed by atoms with Gasteiger partial charge in [-0.3, -0.25) is 10.1 Å². The van der Waals surface area contributed by atoms with Crippen LogP contribution in [0.3, 0.4) is 0 Å². The molecule has 6 nitrogen and oxygen atoms in total. The second-order valence-corrected chi connectivity index (χ2v) is 5.36. The molecule has 3 rings (SSSR count). The van der Waals surface area contributed by atoms with Crippen molar-refractivity contribution in [2.45, 2.75) is 13.1 Å². The molecule has 10 heteroatoms. The number of aryl methyl sites for hydroxylation is 1. The number of rotatable bonds is 2. The monoisotopic (exact) mass is 328 g/mol. The van der Waals surface area contributed by atoms with E-state index in [0.717, 1.165) is 23.6 Å². The van der Waals surface area contributed by atoms with Gasteiger partial charge in [-0.15, -0.1) is 0 Å². The van der Waals surface area contributed by atoms with E-state index in [-0.39, 0.29) is 21.0 Å². The number of carbonyl (C=O) groups is 1. The molecule has 0 aliphatic heterocycles. The summed E-state index contributed by atoms with van der Waals surface area (Å²) < 4.78 is 42.8. The summed E-state index contributed by atoms with van der Waals surface area (Å²) >= 11 is 0.916. The van der Waals surface area contributed by atoms with Crippen LogP contribution in [0.25, 0.3) is 10.2 Å². The maximum atomic E-state index is 12.6. The number of alkyl halides is 3. The molecular weight excluding hydrogens is 321 g/mol. The van der Waals surface area contributed by atoms with Gasteiger partial charge in [0.1, 0.15) is 17.0 Å². The summed E-state index contributed by atoms with van der Waals surface area (Å²) in [4.78, 5) is 19.2. The lowest BCUT2D eigenvalue weighted by molar-refractivity contribution is -0.141. The number of aromatic nitrogens is 3. The predicted octanol–water partition coefficient (Wildman–Crippen LogP) is 3.26. The summed E-state index contributed by atoms with van der Waals surface area (Å²) in [7, 11) is 0. The lowest BCUT2D eigenvalue weighted by Crippen LogP contribution is -2.11. The zero-order valence-electron chi connectivity index (χ0n) is 10.9. The molecule has 1 N–H and O–H groups in total. The first-order chi connectivity index (χ1) is 10.3. The van der Waals surface area contributed by atoms with Crippen molar-refractivity contribution in [3.63, 3.8) is 0 Å². The van der Waals surface area contributed by atoms with Crippen LogP contribution < -0.4 is 5.32 Å². The number of fused-ring (bicyclic) bond motifs is 1. The van der Waals surface area contributed by atoms with Crippen molar-refractivity contribution in [3.05, 3.63) is 35.5 Å². The van der Waals surface area contributed by atoms with Crippen molar-refractivity contribution in [3.8, 4) is 0 Å². The first kappa shape index (κ1) is 14.4. The third kappa shape index (κ3) is 2.77. The second-order valence-electron chi connectivity index (χ2n) is 4.33. The van der Waals surface area contributed by atoms with Crippen LogP contribution in [0, 0.1) is 6.92 Å². The van der Waals surface area contributed by atoms with Gasteiger partial charge in [0.05, 0.1) is 10.9 Å². The molecule has 22 heavy (non-hydrogen) atoms. The molecule has 3 aromatic heterocycles. The van der Waals surface area contributed by atoms with Gasteiger partial charge in [-0.1, -0.05) is 16.5 Å². The molecule has 0 saturated heterocycles. The molecule has 0 atom stereocenters. The summed E-state index contributed by atoms with van der Waals surface area (Å²) in [5.74, 6) is -0.0895. The molecule has 1 amide bonds. The largest absolute Gasteiger partial charge is 0.433 e. The molecular formula is C12H7F3N4O2S. The Morgan fingerprint density at radius 3 is 2.77 bits per heavy atom. The highest BCUT2D eigenvalue weighted by Crippen LogP contribution is 2.32. The molecule has 0 unspecified atom stereocenters. The Bertz CT molecular complexity index is 856. The molecule has 0 aliphatic rings. The summed E-state index contributed by atoms with van der Waals surface area (Å²) in [5.41, 5.74) is -0.677. The van der Waals surface area contributed by atoms with Crippen molar-refractivity contribution < 1.29 is 22.5 Å². The minimum Gasteiger partial charge on any atom is -0.361 e. The minimum absolute atomic E-state index is 0.0610. The molecule has 0 aromatic carbocycles. The molecule has 0 bridgehead atoms. The Kier molecular flexibility index (Phi) is 3.32. The third-order valence-corrected chi connectivity index (χ3v) is 3.58. The van der Waals surface area contributed by atoms with Gasteiger partial charge in [-0.25, -0.2) is 9.97 Å². The lowest BCUT2D eigenvalue weighted by Gasteiger charge is -2.03. The van der Waals surface area contributed by atoms with Gasteiger partial charge in [-0.2, -0.15) is 13.2 Å². The van der Waals surface area contributed by atoms with Gasteiger partial charge in [0.2, 0.25) is 0 Å². The van der Waals surface area contributed by atoms with Crippen molar-refractivity contribution in [2.24, 2.45) is 0 Å². The Hall–Kier alpha value is -2.49. The van der Waals surface area contributed by atoms with Crippen LogP contribution in [0.1, 0.15) is 21.9 Å². The van der Waals surface area contributed by atoms with Gasteiger partial charge in [0.15, 0.2) is 10.8 Å². The number of amides is 1. The van der Waals surface area contributed by atoms with Crippen LogP contribution in [0.15, 0.2) is 22.9 Å². The predicted molar refractivity (Wildman–Crippen MR) is 71.6 cm³/mol. The average Bonchev–Trinajstić information content (AvgIpc) is 3.02. The van der Waals surface area contributed by atoms with E-state index in [1.165, 1.54) is 6.07 Å². The highest BCUT2D eigenvalue weighted by molar-refractivity contribution is 7.22. The topological polar surface area (TPSA) is 80.9 Å². The number of anilines is 1. The number of carbonyl (C=O) groups excluding carboxylic acids is 1. The van der Waals surface area contributed by atoms with Gasteiger partial charge in [0.25, 0.3) is 5.91 Å². The van der Waals surface area contributed by atoms with Crippen LogP contribution >= 0.6 is 11.3 Å². The number of nitrogens with zero attached hydrogens (tertiary/aromatic N) is 3. The molecule has 0 radical (unpaired) electrons. The Morgan fingerprint density at radius 2 is 2.14 bits per heavy atom. The Labute approximate surface area is 125 Å². The van der Waals surface area contributed by atoms with Crippen molar-refractivity contribution in [1.29, 1.82) is 0 Å². The van der Waals surface area contributed by atoms with E-state index in [0.29, 0.717) is 5.76 Å². The fourth-order valence-corrected chi connectivity index (χ4v) is 2.54. The smallest absolute Gasteiger partial charge is 0.361 e. The van der Waals surface area contributed by atoms with Crippen LogP contribution in [0.5, 0.6) is 0 Å². The highest BCUT2D eigenvalue weighted by Gasteiger charge is 2.32. The van der Waals surface area contributed by atoms with Gasteiger partial charge in [0, 0.05) is 6.07 Å². The van der Waals surface area contributed by atoms with E-state index in [4.69, 9.17) is 4.52 Å². The van der Waals surface area contributed by atoms with Crippen LogP contribution in [-0.4, -0.2) is 21.0 Å². The number of hydrogen-bond donors (Lipinski definition) is 1. The van der Waals surface area contributed by atoms with Gasteiger partial charge >= 0.3 is 6.18 Å². The second kappa shape index (κ2) is 5.05. The SMILES string of the molecule is Cc1cc(C(=O)Nc2nc3cnc(C(F)(F)F)cc3s2)no1. The van der Waals surface area contributed by atoms with Crippen molar-refractivity contribution in [2.75, 3.05) is 5.32 Å². The van der Waals surface area contributed by atoms with E-state index in [9.17, 15) is 18.0 Å². The molecule has 3 aromatic rings. The number of thiazole rings is 1. The molecule has 114 valence electrons. The quantitative estimate of drug-likeness (QED) is 0.781. The third-order valence-electron chi connectivity index (χ3n) is 2.65. The highest BCUT2D eigenvalue weighted by atomic mass is 32.1. The number of pyridine rings is 1. The summed E-state index contributed by atoms with van der Waals surface area (Å²) in [6.07, 6.45) is -3.51. The zero-order valence-corrected chi connectivity index (χ0v) is 11.7.